The quantitative estimate of drug-likeness (QED) is 0.483. The zero-order chi connectivity index (χ0) is 22.1. The molecule has 9 heteroatoms. The van der Waals surface area contributed by atoms with Crippen LogP contribution in [0.4, 0.5) is 0 Å². The Labute approximate surface area is 184 Å². The van der Waals surface area contributed by atoms with Crippen molar-refractivity contribution < 1.29 is 14.0 Å². The fourth-order valence-corrected chi connectivity index (χ4v) is 5.00. The van der Waals surface area contributed by atoms with Gasteiger partial charge in [0.05, 0.1) is 16.6 Å². The van der Waals surface area contributed by atoms with Crippen molar-refractivity contribution >= 4 is 16.6 Å². The van der Waals surface area contributed by atoms with E-state index in [0.29, 0.717) is 23.7 Å². The zero-order valence-corrected chi connectivity index (χ0v) is 18.4. The minimum atomic E-state index is -0.717. The Bertz CT molecular complexity index is 1390. The molecular weight excluding hydrogens is 410 g/mol. The summed E-state index contributed by atoms with van der Waals surface area (Å²) >= 11 is 0. The zero-order valence-electron chi connectivity index (χ0n) is 18.4. The Morgan fingerprint density at radius 1 is 1.12 bits per heavy atom. The molecule has 2 aliphatic rings. The lowest BCUT2D eigenvalue weighted by atomic mass is 10.1. The molecule has 5 heterocycles. The molecule has 2 saturated heterocycles. The first kappa shape index (κ1) is 19.6. The molecule has 32 heavy (non-hydrogen) atoms. The number of aromatic nitrogens is 5. The van der Waals surface area contributed by atoms with Crippen molar-refractivity contribution in [3.63, 3.8) is 0 Å². The van der Waals surface area contributed by atoms with Crippen LogP contribution >= 0.6 is 0 Å². The first-order chi connectivity index (χ1) is 15.4. The molecule has 0 N–H and O–H groups in total. The van der Waals surface area contributed by atoms with E-state index in [4.69, 9.17) is 14.0 Å². The van der Waals surface area contributed by atoms with Crippen molar-refractivity contribution in [2.75, 3.05) is 6.61 Å². The van der Waals surface area contributed by atoms with E-state index in [1.165, 1.54) is 0 Å². The van der Waals surface area contributed by atoms with Crippen LogP contribution in [0.2, 0.25) is 0 Å². The molecule has 2 unspecified atom stereocenters. The average Bonchev–Trinajstić information content (AvgIpc) is 3.53. The van der Waals surface area contributed by atoms with Crippen LogP contribution in [-0.4, -0.2) is 36.3 Å². The van der Waals surface area contributed by atoms with Gasteiger partial charge in [-0.3, -0.25) is 13.8 Å². The van der Waals surface area contributed by atoms with Gasteiger partial charge < -0.3 is 14.0 Å². The first-order valence-electron chi connectivity index (χ1n) is 11.0. The average molecular weight is 435 g/mol. The highest BCUT2D eigenvalue weighted by Gasteiger charge is 2.37. The molecule has 2 atom stereocenters. The van der Waals surface area contributed by atoms with Gasteiger partial charge in [-0.05, 0) is 58.6 Å². The minimum Gasteiger partial charge on any atom is -0.363 e. The summed E-state index contributed by atoms with van der Waals surface area (Å²) in [5, 5.41) is 4.15. The summed E-state index contributed by atoms with van der Waals surface area (Å²) in [6.45, 7) is 6.69. The van der Waals surface area contributed by atoms with Gasteiger partial charge in [0.25, 0.3) is 11.4 Å². The Morgan fingerprint density at radius 2 is 1.94 bits per heavy atom. The maximum atomic E-state index is 13.8. The van der Waals surface area contributed by atoms with Gasteiger partial charge in [0.15, 0.2) is 0 Å². The number of benzene rings is 1. The summed E-state index contributed by atoms with van der Waals surface area (Å²) in [4.78, 5) is 22.9. The predicted octanol–water partition coefficient (Wildman–Crippen LogP) is 3.81. The predicted molar refractivity (Wildman–Crippen MR) is 116 cm³/mol. The second-order valence-corrected chi connectivity index (χ2v) is 9.43. The number of fused-ring (bicyclic) bond motifs is 3. The van der Waals surface area contributed by atoms with Crippen LogP contribution in [0.25, 0.3) is 28.1 Å². The van der Waals surface area contributed by atoms with Crippen LogP contribution in [0.15, 0.2) is 39.9 Å². The summed E-state index contributed by atoms with van der Waals surface area (Å²) < 4.78 is 21.1. The number of hydrogen-bond donors (Lipinski definition) is 0. The van der Waals surface area contributed by atoms with Gasteiger partial charge in [0, 0.05) is 6.61 Å². The monoisotopic (exact) mass is 435 g/mol. The molecule has 6 rings (SSSR count). The lowest BCUT2D eigenvalue weighted by Crippen LogP contribution is -2.39. The summed E-state index contributed by atoms with van der Waals surface area (Å²) in [5.74, 6) is 0.700. The van der Waals surface area contributed by atoms with Crippen molar-refractivity contribution in [2.45, 2.75) is 63.9 Å². The van der Waals surface area contributed by atoms with Gasteiger partial charge in [0.1, 0.15) is 29.4 Å². The van der Waals surface area contributed by atoms with Gasteiger partial charge >= 0.3 is 0 Å². The smallest absolute Gasteiger partial charge is 0.280 e. The van der Waals surface area contributed by atoms with E-state index in [1.54, 1.807) is 15.3 Å². The van der Waals surface area contributed by atoms with Gasteiger partial charge in [-0.15, -0.1) is 0 Å². The highest BCUT2D eigenvalue weighted by Crippen LogP contribution is 2.39. The van der Waals surface area contributed by atoms with E-state index in [0.717, 1.165) is 36.7 Å². The number of imidazole rings is 1. The van der Waals surface area contributed by atoms with Crippen molar-refractivity contribution in [1.82, 2.24) is 24.1 Å². The molecule has 4 aromatic rings. The van der Waals surface area contributed by atoms with Crippen molar-refractivity contribution in [2.24, 2.45) is 0 Å². The molecule has 0 saturated carbocycles. The SMILES string of the molecule is CC1(C)CCC(c2nc(-c3ncn4c3c(=O)n(C3(C)CCCO3)c3ccccc34)no2)O1. The molecule has 0 bridgehead atoms. The van der Waals surface area contributed by atoms with E-state index in [9.17, 15) is 4.79 Å². The first-order valence-corrected chi connectivity index (χ1v) is 11.0. The van der Waals surface area contributed by atoms with Crippen LogP contribution < -0.4 is 5.56 Å². The van der Waals surface area contributed by atoms with Crippen LogP contribution in [-0.2, 0) is 15.2 Å². The number of hydrogen-bond acceptors (Lipinski definition) is 7. The van der Waals surface area contributed by atoms with E-state index in [-0.39, 0.29) is 23.1 Å². The van der Waals surface area contributed by atoms with Crippen molar-refractivity contribution in [3.05, 3.63) is 46.8 Å². The lowest BCUT2D eigenvalue weighted by Gasteiger charge is -2.28. The van der Waals surface area contributed by atoms with Crippen molar-refractivity contribution in [1.29, 1.82) is 0 Å². The second kappa shape index (κ2) is 6.73. The third-order valence-corrected chi connectivity index (χ3v) is 6.63. The van der Waals surface area contributed by atoms with E-state index in [1.807, 2.05) is 45.0 Å². The highest BCUT2D eigenvalue weighted by atomic mass is 16.5. The van der Waals surface area contributed by atoms with Gasteiger partial charge in [-0.25, -0.2) is 4.98 Å². The number of rotatable bonds is 3. The Morgan fingerprint density at radius 3 is 2.66 bits per heavy atom. The summed E-state index contributed by atoms with van der Waals surface area (Å²) in [6.07, 6.45) is 4.78. The molecule has 0 radical (unpaired) electrons. The van der Waals surface area contributed by atoms with E-state index in [2.05, 4.69) is 15.1 Å². The maximum absolute atomic E-state index is 13.8. The van der Waals surface area contributed by atoms with Gasteiger partial charge in [-0.1, -0.05) is 17.3 Å². The van der Waals surface area contributed by atoms with Crippen LogP contribution in [0, 0.1) is 0 Å². The number of para-hydroxylation sites is 2. The third kappa shape index (κ3) is 2.84. The summed E-state index contributed by atoms with van der Waals surface area (Å²) in [7, 11) is 0. The topological polar surface area (TPSA) is 96.7 Å². The standard InChI is InChI=1S/C23H25N5O4/c1-22(2)11-9-16(31-22)20-25-19(26-32-20)17-18-21(29)28(23(3)10-6-12-30-23)15-8-5-4-7-14(15)27(18)13-24-17/h4-5,7-8,13,16H,6,9-12H2,1-3H3. The van der Waals surface area contributed by atoms with E-state index >= 15 is 0 Å². The molecular formula is C23H25N5O4. The molecule has 2 aliphatic heterocycles. The van der Waals surface area contributed by atoms with Gasteiger partial charge in [-0.2, -0.15) is 4.98 Å². The molecule has 0 amide bonds. The van der Waals surface area contributed by atoms with Gasteiger partial charge in [0.2, 0.25) is 5.82 Å². The second-order valence-electron chi connectivity index (χ2n) is 9.43. The molecule has 1 aromatic carbocycles. The number of ether oxygens (including phenoxy) is 2. The van der Waals surface area contributed by atoms with Crippen molar-refractivity contribution in [3.8, 4) is 11.5 Å². The highest BCUT2D eigenvalue weighted by molar-refractivity contribution is 5.83. The largest absolute Gasteiger partial charge is 0.363 e. The Balaban J connectivity index is 1.55. The minimum absolute atomic E-state index is 0.190. The molecule has 3 aromatic heterocycles. The number of nitrogens with zero attached hydrogens (tertiary/aromatic N) is 5. The Hall–Kier alpha value is -3.04. The summed E-state index contributed by atoms with van der Waals surface area (Å²) in [5.41, 5.74) is 1.33. The molecule has 2 fully saturated rings. The van der Waals surface area contributed by atoms with E-state index < -0.39 is 5.72 Å². The van der Waals surface area contributed by atoms with Crippen LogP contribution in [0.5, 0.6) is 0 Å². The fraction of sp³-hybridized carbons (Fsp3) is 0.478. The molecule has 9 nitrogen and oxygen atoms in total. The normalized spacial score (nSPS) is 25.3. The van der Waals surface area contributed by atoms with Crippen LogP contribution in [0.1, 0.15) is 58.4 Å². The van der Waals surface area contributed by atoms with Crippen LogP contribution in [0.3, 0.4) is 0 Å². The third-order valence-electron chi connectivity index (χ3n) is 6.63. The lowest BCUT2D eigenvalue weighted by molar-refractivity contribution is -0.0447. The molecule has 0 spiro atoms. The molecule has 166 valence electrons. The summed E-state index contributed by atoms with van der Waals surface area (Å²) in [6, 6.07) is 7.78. The molecule has 0 aliphatic carbocycles. The Kier molecular flexibility index (Phi) is 4.13. The maximum Gasteiger partial charge on any atom is 0.280 e. The fourth-order valence-electron chi connectivity index (χ4n) is 5.00.